The Hall–Kier alpha value is 0.517. The summed E-state index contributed by atoms with van der Waals surface area (Å²) in [6.45, 7) is 6.06. The van der Waals surface area contributed by atoms with Crippen LogP contribution in [0.5, 0.6) is 0 Å². The van der Waals surface area contributed by atoms with Gasteiger partial charge in [0.15, 0.2) is 0 Å². The zero-order valence-corrected chi connectivity index (χ0v) is 7.17. The molecule has 0 saturated carbocycles. The molecule has 2 unspecified atom stereocenters. The summed E-state index contributed by atoms with van der Waals surface area (Å²) in [5, 5.41) is 10.5. The van der Waals surface area contributed by atoms with Crippen LogP contribution in [0, 0.1) is 11.8 Å². The minimum atomic E-state index is 0. The molecular weight excluding hydrogens is 121 g/mol. The van der Waals surface area contributed by atoms with Gasteiger partial charge in [-0.2, -0.15) is 5.06 Å². The molecule has 55 valence electrons. The van der Waals surface area contributed by atoms with Gasteiger partial charge in [0.1, 0.15) is 0 Å². The van der Waals surface area contributed by atoms with Crippen LogP contribution in [0.2, 0.25) is 0 Å². The van der Waals surface area contributed by atoms with Crippen LogP contribution in [0.3, 0.4) is 0 Å². The van der Waals surface area contributed by atoms with Crippen molar-refractivity contribution in [2.75, 3.05) is 13.1 Å². The number of hydroxylamine groups is 2. The largest absolute Gasteiger partial charge is 0.314 e. The van der Waals surface area contributed by atoms with E-state index in [-0.39, 0.29) is 18.9 Å². The van der Waals surface area contributed by atoms with Crippen LogP contribution in [-0.4, -0.2) is 42.2 Å². The van der Waals surface area contributed by atoms with Crippen molar-refractivity contribution in [2.45, 2.75) is 20.3 Å². The second-order valence-electron chi connectivity index (χ2n) is 3.32. The molecule has 2 atom stereocenters. The number of piperidine rings is 1. The zero-order valence-electron chi connectivity index (χ0n) is 7.17. The molecule has 10 heavy (non-hydrogen) atoms. The van der Waals surface area contributed by atoms with Gasteiger partial charge in [-0.1, -0.05) is 13.8 Å². The summed E-state index contributed by atoms with van der Waals surface area (Å²) in [6.07, 6.45) is 1.26. The normalized spacial score (nSPS) is 35.1. The second-order valence-corrected chi connectivity index (χ2v) is 3.32. The molecule has 1 fully saturated rings. The van der Waals surface area contributed by atoms with Gasteiger partial charge in [0.05, 0.1) is 0 Å². The molecule has 1 rings (SSSR count). The van der Waals surface area contributed by atoms with Crippen LogP contribution in [0.1, 0.15) is 20.3 Å². The predicted octanol–water partition coefficient (Wildman–Crippen LogP) is 0.973. The first kappa shape index (κ1) is 10.5. The molecule has 0 aromatic heterocycles. The maximum atomic E-state index is 9.08. The molecule has 0 aromatic carbocycles. The molecule has 1 N–H and O–H groups in total. The molecule has 1 radical (unpaired) electrons. The minimum absolute atomic E-state index is 0. The summed E-state index contributed by atoms with van der Waals surface area (Å²) >= 11 is 0. The van der Waals surface area contributed by atoms with Gasteiger partial charge in [-0.3, -0.25) is 0 Å². The Bertz CT molecular complexity index is 74.6. The number of hydrogen-bond acceptors (Lipinski definition) is 2. The van der Waals surface area contributed by atoms with Gasteiger partial charge in [0.25, 0.3) is 0 Å². The van der Waals surface area contributed by atoms with Gasteiger partial charge in [0, 0.05) is 32.0 Å². The summed E-state index contributed by atoms with van der Waals surface area (Å²) in [5.41, 5.74) is 0. The Morgan fingerprint density at radius 2 is 1.60 bits per heavy atom. The molecule has 0 aliphatic carbocycles. The van der Waals surface area contributed by atoms with Gasteiger partial charge in [-0.25, -0.2) is 0 Å². The van der Waals surface area contributed by atoms with Gasteiger partial charge < -0.3 is 5.21 Å². The van der Waals surface area contributed by atoms with Crippen LogP contribution in [0.25, 0.3) is 0 Å². The van der Waals surface area contributed by atoms with Gasteiger partial charge in [-0.05, 0) is 18.3 Å². The standard InChI is InChI=1S/C7H15NO.Li/c1-6-3-7(2)5-8(9)4-6;/h6-7,9H,3-5H2,1-2H3;. The molecule has 1 aliphatic rings. The van der Waals surface area contributed by atoms with E-state index in [1.165, 1.54) is 11.5 Å². The molecular formula is C7H15LiNO. The first-order chi connectivity index (χ1) is 4.18. The summed E-state index contributed by atoms with van der Waals surface area (Å²) in [5.74, 6) is 1.33. The third kappa shape index (κ3) is 3.07. The van der Waals surface area contributed by atoms with Crippen molar-refractivity contribution in [3.8, 4) is 0 Å². The van der Waals surface area contributed by atoms with Gasteiger partial charge in [-0.15, -0.1) is 0 Å². The van der Waals surface area contributed by atoms with Crippen LogP contribution in [0.15, 0.2) is 0 Å². The van der Waals surface area contributed by atoms with E-state index in [1.807, 2.05) is 0 Å². The van der Waals surface area contributed by atoms with E-state index in [0.717, 1.165) is 13.1 Å². The Labute approximate surface area is 74.7 Å². The fraction of sp³-hybridized carbons (Fsp3) is 1.00. The summed E-state index contributed by atoms with van der Waals surface area (Å²) in [7, 11) is 0. The van der Waals surface area contributed by atoms with E-state index in [4.69, 9.17) is 5.21 Å². The average Bonchev–Trinajstić information content (AvgIpc) is 1.59. The van der Waals surface area contributed by atoms with E-state index in [0.29, 0.717) is 11.8 Å². The number of rotatable bonds is 0. The van der Waals surface area contributed by atoms with Crippen molar-refractivity contribution in [3.63, 3.8) is 0 Å². The molecule has 0 aromatic rings. The van der Waals surface area contributed by atoms with E-state index < -0.39 is 0 Å². The summed E-state index contributed by atoms with van der Waals surface area (Å²) in [4.78, 5) is 0. The SMILES string of the molecule is CC1CC(C)CN(O)C1.[Li]. The van der Waals surface area contributed by atoms with E-state index in [1.54, 1.807) is 0 Å². The molecule has 0 spiro atoms. The molecule has 1 heterocycles. The van der Waals surface area contributed by atoms with Crippen molar-refractivity contribution in [3.05, 3.63) is 0 Å². The first-order valence-electron chi connectivity index (χ1n) is 3.62. The fourth-order valence-electron chi connectivity index (χ4n) is 1.63. The number of nitrogens with zero attached hydrogens (tertiary/aromatic N) is 1. The quantitative estimate of drug-likeness (QED) is 0.501. The van der Waals surface area contributed by atoms with E-state index >= 15 is 0 Å². The Morgan fingerprint density at radius 3 is 1.90 bits per heavy atom. The predicted molar refractivity (Wildman–Crippen MR) is 42.1 cm³/mol. The second kappa shape index (κ2) is 4.41. The Balaban J connectivity index is 0.000000810. The van der Waals surface area contributed by atoms with Crippen LogP contribution >= 0.6 is 0 Å². The molecule has 1 aliphatic heterocycles. The van der Waals surface area contributed by atoms with Crippen LogP contribution in [-0.2, 0) is 0 Å². The first-order valence-corrected chi connectivity index (χ1v) is 3.62. The monoisotopic (exact) mass is 136 g/mol. The molecule has 1 saturated heterocycles. The molecule has 3 heteroatoms. The Morgan fingerprint density at radius 1 is 1.20 bits per heavy atom. The van der Waals surface area contributed by atoms with Gasteiger partial charge in [0.2, 0.25) is 0 Å². The summed E-state index contributed by atoms with van der Waals surface area (Å²) in [6, 6.07) is 0. The summed E-state index contributed by atoms with van der Waals surface area (Å²) < 4.78 is 0. The third-order valence-electron chi connectivity index (χ3n) is 1.85. The van der Waals surface area contributed by atoms with Crippen molar-refractivity contribution >= 4 is 18.9 Å². The third-order valence-corrected chi connectivity index (χ3v) is 1.85. The average molecular weight is 136 g/mol. The molecule has 0 amide bonds. The zero-order chi connectivity index (χ0) is 6.85. The fourth-order valence-corrected chi connectivity index (χ4v) is 1.63. The van der Waals surface area contributed by atoms with Crippen LogP contribution in [0.4, 0.5) is 0 Å². The van der Waals surface area contributed by atoms with Crippen molar-refractivity contribution in [2.24, 2.45) is 11.8 Å². The van der Waals surface area contributed by atoms with E-state index in [9.17, 15) is 0 Å². The van der Waals surface area contributed by atoms with Crippen molar-refractivity contribution < 1.29 is 5.21 Å². The minimum Gasteiger partial charge on any atom is -0.314 e. The topological polar surface area (TPSA) is 23.5 Å². The smallest absolute Gasteiger partial charge is 0.0264 e. The van der Waals surface area contributed by atoms with Gasteiger partial charge >= 0.3 is 0 Å². The molecule has 2 nitrogen and oxygen atoms in total. The van der Waals surface area contributed by atoms with Crippen LogP contribution < -0.4 is 0 Å². The number of hydrogen-bond donors (Lipinski definition) is 1. The Kier molecular flexibility index (Phi) is 4.63. The van der Waals surface area contributed by atoms with E-state index in [2.05, 4.69) is 13.8 Å². The maximum Gasteiger partial charge on any atom is 0.0264 e. The maximum absolute atomic E-state index is 9.08. The van der Waals surface area contributed by atoms with Crippen molar-refractivity contribution in [1.82, 2.24) is 5.06 Å². The molecule has 0 bridgehead atoms. The van der Waals surface area contributed by atoms with Crippen molar-refractivity contribution in [1.29, 1.82) is 0 Å².